The van der Waals surface area contributed by atoms with Gasteiger partial charge in [0.15, 0.2) is 5.96 Å². The van der Waals surface area contributed by atoms with Crippen LogP contribution in [0.2, 0.25) is 0 Å². The van der Waals surface area contributed by atoms with Crippen LogP contribution in [0.5, 0.6) is 0 Å². The zero-order chi connectivity index (χ0) is 20.6. The van der Waals surface area contributed by atoms with Crippen molar-refractivity contribution in [1.29, 1.82) is 0 Å². The van der Waals surface area contributed by atoms with Gasteiger partial charge in [0.25, 0.3) is 0 Å². The van der Waals surface area contributed by atoms with Gasteiger partial charge in [-0.3, -0.25) is 5.10 Å². The Kier molecular flexibility index (Phi) is 9.80. The predicted octanol–water partition coefficient (Wildman–Crippen LogP) is 3.75. The number of likely N-dealkylation sites (tertiary alicyclic amines) is 1. The minimum atomic E-state index is -0.181. The summed E-state index contributed by atoms with van der Waals surface area (Å²) in [6, 6.07) is 5.44. The van der Waals surface area contributed by atoms with Crippen molar-refractivity contribution >= 4 is 35.6 Å². The molecule has 1 aromatic heterocycles. The Morgan fingerprint density at radius 2 is 2.00 bits per heavy atom. The van der Waals surface area contributed by atoms with E-state index in [1.165, 1.54) is 0 Å². The first-order valence-electron chi connectivity index (χ1n) is 10.6. The number of nitrogens with one attached hydrogen (secondary N) is 2. The number of hydrogen-bond donors (Lipinski definition) is 2. The number of rotatable bonds is 7. The third-order valence-corrected chi connectivity index (χ3v) is 5.48. The lowest BCUT2D eigenvalue weighted by Crippen LogP contribution is -2.45. The molecule has 0 bridgehead atoms. The number of aromatic nitrogens is 3. The second-order valence-corrected chi connectivity index (χ2v) is 7.26. The van der Waals surface area contributed by atoms with Crippen molar-refractivity contribution in [2.75, 3.05) is 37.6 Å². The van der Waals surface area contributed by atoms with Gasteiger partial charge in [-0.2, -0.15) is 5.10 Å². The normalized spacial score (nSPS) is 15.1. The summed E-state index contributed by atoms with van der Waals surface area (Å²) in [7, 11) is 0. The van der Waals surface area contributed by atoms with Crippen LogP contribution in [0.4, 0.5) is 10.1 Å². The van der Waals surface area contributed by atoms with E-state index in [0.29, 0.717) is 18.2 Å². The van der Waals surface area contributed by atoms with E-state index in [1.807, 2.05) is 30.9 Å². The Labute approximate surface area is 195 Å². The molecule has 1 saturated heterocycles. The second-order valence-electron chi connectivity index (χ2n) is 7.26. The van der Waals surface area contributed by atoms with Gasteiger partial charge in [-0.15, -0.1) is 24.0 Å². The van der Waals surface area contributed by atoms with Crippen molar-refractivity contribution in [2.45, 2.75) is 46.1 Å². The number of nitrogens with zero attached hydrogens (tertiary/aromatic N) is 5. The first kappa shape index (κ1) is 24.4. The summed E-state index contributed by atoms with van der Waals surface area (Å²) in [4.78, 5) is 13.4. The van der Waals surface area contributed by atoms with Crippen LogP contribution < -0.4 is 10.2 Å². The van der Waals surface area contributed by atoms with E-state index in [0.717, 1.165) is 62.9 Å². The maximum Gasteiger partial charge on any atom is 0.194 e. The van der Waals surface area contributed by atoms with E-state index in [1.54, 1.807) is 12.4 Å². The topological polar surface area (TPSA) is 72.4 Å². The second kappa shape index (κ2) is 12.1. The average molecular weight is 529 g/mol. The summed E-state index contributed by atoms with van der Waals surface area (Å²) in [5.74, 6) is 2.09. The van der Waals surface area contributed by atoms with Crippen molar-refractivity contribution in [1.82, 2.24) is 25.4 Å². The highest BCUT2D eigenvalue weighted by Gasteiger charge is 2.24. The molecule has 1 fully saturated rings. The molecule has 2 N–H and O–H groups in total. The highest BCUT2D eigenvalue weighted by atomic mass is 127. The number of piperidine rings is 1. The van der Waals surface area contributed by atoms with E-state index < -0.39 is 0 Å². The summed E-state index contributed by atoms with van der Waals surface area (Å²) in [5.41, 5.74) is 1.54. The standard InChI is InChI=1S/C21H32FN7.HI/c1-4-23-21(29-11-9-17(10-12-29)20-25-15-26-27-20)24-14-16-7-8-19(18(22)13-16)28(5-2)6-3;/h7-8,13,15,17H,4-6,9-12,14H2,1-3H3,(H,23,24)(H,25,26,27);1H. The number of guanidine groups is 1. The molecule has 0 unspecified atom stereocenters. The summed E-state index contributed by atoms with van der Waals surface area (Å²) >= 11 is 0. The van der Waals surface area contributed by atoms with E-state index in [4.69, 9.17) is 4.99 Å². The Morgan fingerprint density at radius 1 is 1.27 bits per heavy atom. The van der Waals surface area contributed by atoms with Gasteiger partial charge in [0, 0.05) is 38.6 Å². The fourth-order valence-electron chi connectivity index (χ4n) is 3.84. The molecule has 166 valence electrons. The van der Waals surface area contributed by atoms with Crippen LogP contribution in [0.25, 0.3) is 0 Å². The van der Waals surface area contributed by atoms with Crippen LogP contribution in [-0.2, 0) is 6.54 Å². The highest BCUT2D eigenvalue weighted by molar-refractivity contribution is 14.0. The fourth-order valence-corrected chi connectivity index (χ4v) is 3.84. The molecule has 0 spiro atoms. The summed E-state index contributed by atoms with van der Waals surface area (Å²) in [5, 5.41) is 10.3. The Bertz CT molecular complexity index is 785. The SMILES string of the molecule is CCNC(=NCc1ccc(N(CC)CC)c(F)c1)N1CCC(c2ncn[nH]2)CC1.I. The van der Waals surface area contributed by atoms with Crippen LogP contribution in [-0.4, -0.2) is 58.8 Å². The molecule has 1 aromatic carbocycles. The number of aliphatic imine (C=N–C) groups is 1. The van der Waals surface area contributed by atoms with Crippen molar-refractivity contribution in [3.63, 3.8) is 0 Å². The molecule has 1 aliphatic rings. The molecular weight excluding hydrogens is 496 g/mol. The van der Waals surface area contributed by atoms with Gasteiger partial charge in [0.05, 0.1) is 12.2 Å². The van der Waals surface area contributed by atoms with Crippen molar-refractivity contribution in [2.24, 2.45) is 4.99 Å². The smallest absolute Gasteiger partial charge is 0.194 e. The lowest BCUT2D eigenvalue weighted by molar-refractivity contribution is 0.299. The Balaban J connectivity index is 0.00000320. The lowest BCUT2D eigenvalue weighted by atomic mass is 9.96. The highest BCUT2D eigenvalue weighted by Crippen LogP contribution is 2.25. The molecule has 0 saturated carbocycles. The number of hydrogen-bond acceptors (Lipinski definition) is 4. The minimum absolute atomic E-state index is 0. The van der Waals surface area contributed by atoms with Crippen LogP contribution >= 0.6 is 24.0 Å². The van der Waals surface area contributed by atoms with E-state index >= 15 is 0 Å². The average Bonchev–Trinajstić information content (AvgIpc) is 3.28. The molecular formula is C21H33FIN7. The van der Waals surface area contributed by atoms with Gasteiger partial charge in [-0.25, -0.2) is 14.4 Å². The Hall–Kier alpha value is -1.91. The van der Waals surface area contributed by atoms with Gasteiger partial charge in [0.1, 0.15) is 18.0 Å². The third kappa shape index (κ3) is 6.05. The fraction of sp³-hybridized carbons (Fsp3) is 0.571. The van der Waals surface area contributed by atoms with Gasteiger partial charge in [-0.1, -0.05) is 6.07 Å². The maximum absolute atomic E-state index is 14.5. The molecule has 0 amide bonds. The summed E-state index contributed by atoms with van der Waals surface area (Å²) in [6.45, 7) is 10.8. The third-order valence-electron chi connectivity index (χ3n) is 5.48. The van der Waals surface area contributed by atoms with Gasteiger partial charge in [-0.05, 0) is 51.3 Å². The predicted molar refractivity (Wildman–Crippen MR) is 130 cm³/mol. The molecule has 9 heteroatoms. The first-order chi connectivity index (χ1) is 14.2. The largest absolute Gasteiger partial charge is 0.370 e. The number of anilines is 1. The number of halogens is 2. The monoisotopic (exact) mass is 529 g/mol. The zero-order valence-electron chi connectivity index (χ0n) is 18.1. The van der Waals surface area contributed by atoms with Crippen LogP contribution in [0.15, 0.2) is 29.5 Å². The number of aromatic amines is 1. The first-order valence-corrected chi connectivity index (χ1v) is 10.6. The molecule has 1 aliphatic heterocycles. The molecule has 3 rings (SSSR count). The molecule has 2 heterocycles. The molecule has 0 radical (unpaired) electrons. The van der Waals surface area contributed by atoms with Gasteiger partial charge in [0.2, 0.25) is 0 Å². The van der Waals surface area contributed by atoms with Crippen LogP contribution in [0, 0.1) is 5.82 Å². The number of benzene rings is 1. The Morgan fingerprint density at radius 3 is 2.57 bits per heavy atom. The molecule has 30 heavy (non-hydrogen) atoms. The maximum atomic E-state index is 14.5. The van der Waals surface area contributed by atoms with Crippen LogP contribution in [0.1, 0.15) is 50.9 Å². The van der Waals surface area contributed by atoms with E-state index in [9.17, 15) is 4.39 Å². The lowest BCUT2D eigenvalue weighted by Gasteiger charge is -2.33. The van der Waals surface area contributed by atoms with E-state index in [2.05, 4.69) is 32.3 Å². The molecule has 0 atom stereocenters. The van der Waals surface area contributed by atoms with Crippen molar-refractivity contribution in [3.8, 4) is 0 Å². The van der Waals surface area contributed by atoms with E-state index in [-0.39, 0.29) is 29.8 Å². The quantitative estimate of drug-likeness (QED) is 0.325. The minimum Gasteiger partial charge on any atom is -0.370 e. The molecule has 0 aliphatic carbocycles. The van der Waals surface area contributed by atoms with Gasteiger partial charge >= 0.3 is 0 Å². The van der Waals surface area contributed by atoms with Crippen molar-refractivity contribution < 1.29 is 4.39 Å². The molecule has 7 nitrogen and oxygen atoms in total. The molecule has 2 aromatic rings. The van der Waals surface area contributed by atoms with Crippen molar-refractivity contribution in [3.05, 3.63) is 41.7 Å². The number of H-pyrrole nitrogens is 1. The zero-order valence-corrected chi connectivity index (χ0v) is 20.4. The van der Waals surface area contributed by atoms with Crippen LogP contribution in [0.3, 0.4) is 0 Å². The van der Waals surface area contributed by atoms with Gasteiger partial charge < -0.3 is 15.1 Å². The summed E-state index contributed by atoms with van der Waals surface area (Å²) in [6.07, 6.45) is 3.58. The summed E-state index contributed by atoms with van der Waals surface area (Å²) < 4.78 is 14.5.